The van der Waals surface area contributed by atoms with Gasteiger partial charge in [-0.3, -0.25) is 4.79 Å². The zero-order chi connectivity index (χ0) is 13.3. The molecule has 1 aliphatic heterocycles. The predicted octanol–water partition coefficient (Wildman–Crippen LogP) is 1.65. The molecule has 1 fully saturated rings. The number of halogens is 4. The number of carbonyl (C=O) groups is 1. The number of aliphatic hydroxyl groups excluding tert-OH is 1. The zero-order valence-corrected chi connectivity index (χ0v) is 12.6. The fourth-order valence-corrected chi connectivity index (χ4v) is 2.09. The first kappa shape index (κ1) is 16.5. The van der Waals surface area contributed by atoms with Gasteiger partial charge in [-0.15, -0.1) is 12.4 Å². The molecule has 1 saturated heterocycles. The van der Waals surface area contributed by atoms with Crippen LogP contribution in [0, 0.1) is 15.2 Å². The van der Waals surface area contributed by atoms with Crippen molar-refractivity contribution in [1.29, 1.82) is 0 Å². The Morgan fingerprint density at radius 2 is 2.00 bits per heavy atom. The lowest BCUT2D eigenvalue weighted by atomic mass is 10.2. The SMILES string of the molecule is Cl.O=C(Nc1cc(F)c(I)c(F)c1)C1CC(O)CN1. The summed E-state index contributed by atoms with van der Waals surface area (Å²) in [6.45, 7) is 0.341. The summed E-state index contributed by atoms with van der Waals surface area (Å²) < 4.78 is 26.4. The Morgan fingerprint density at radius 1 is 1.42 bits per heavy atom. The van der Waals surface area contributed by atoms with Crippen molar-refractivity contribution in [1.82, 2.24) is 5.32 Å². The molecule has 1 aromatic rings. The molecule has 0 aromatic heterocycles. The Bertz CT molecular complexity index is 467. The molecule has 2 atom stereocenters. The normalized spacial score (nSPS) is 21.9. The number of amides is 1. The van der Waals surface area contributed by atoms with Gasteiger partial charge >= 0.3 is 0 Å². The fraction of sp³-hybridized carbons (Fsp3) is 0.364. The van der Waals surface area contributed by atoms with Crippen molar-refractivity contribution >= 4 is 46.6 Å². The number of nitrogens with one attached hydrogen (secondary N) is 2. The summed E-state index contributed by atoms with van der Waals surface area (Å²) in [5.41, 5.74) is 0.0682. The van der Waals surface area contributed by atoms with Crippen molar-refractivity contribution in [2.45, 2.75) is 18.6 Å². The molecule has 1 amide bonds. The van der Waals surface area contributed by atoms with E-state index in [0.717, 1.165) is 12.1 Å². The number of benzene rings is 1. The lowest BCUT2D eigenvalue weighted by Gasteiger charge is -2.11. The van der Waals surface area contributed by atoms with Crippen LogP contribution in [0.3, 0.4) is 0 Å². The van der Waals surface area contributed by atoms with Crippen molar-refractivity contribution in [3.63, 3.8) is 0 Å². The van der Waals surface area contributed by atoms with E-state index in [4.69, 9.17) is 0 Å². The third kappa shape index (κ3) is 3.98. The molecule has 2 unspecified atom stereocenters. The highest BCUT2D eigenvalue weighted by molar-refractivity contribution is 14.1. The van der Waals surface area contributed by atoms with E-state index in [0.29, 0.717) is 13.0 Å². The minimum absolute atomic E-state index is 0. The van der Waals surface area contributed by atoms with E-state index >= 15 is 0 Å². The highest BCUT2D eigenvalue weighted by Gasteiger charge is 2.28. The molecule has 0 bridgehead atoms. The van der Waals surface area contributed by atoms with Crippen molar-refractivity contribution < 1.29 is 18.7 Å². The van der Waals surface area contributed by atoms with E-state index in [2.05, 4.69) is 10.6 Å². The summed E-state index contributed by atoms with van der Waals surface area (Å²) in [5, 5.41) is 14.5. The van der Waals surface area contributed by atoms with Crippen LogP contribution in [-0.4, -0.2) is 29.7 Å². The number of rotatable bonds is 2. The van der Waals surface area contributed by atoms with E-state index in [1.807, 2.05) is 0 Å². The van der Waals surface area contributed by atoms with E-state index in [1.54, 1.807) is 22.6 Å². The van der Waals surface area contributed by atoms with Crippen LogP contribution >= 0.6 is 35.0 Å². The molecule has 0 spiro atoms. The van der Waals surface area contributed by atoms with Gasteiger partial charge in [0.2, 0.25) is 5.91 Å². The van der Waals surface area contributed by atoms with Gasteiger partial charge in [-0.25, -0.2) is 8.78 Å². The van der Waals surface area contributed by atoms with Gasteiger partial charge in [0.05, 0.1) is 15.7 Å². The molecule has 1 heterocycles. The molecule has 106 valence electrons. The minimum atomic E-state index is -0.717. The third-order valence-electron chi connectivity index (χ3n) is 2.68. The standard InChI is InChI=1S/C11H11F2IN2O2.ClH/c12-7-1-5(2-8(13)10(7)14)16-11(18)9-3-6(17)4-15-9;/h1-2,6,9,15,17H,3-4H2,(H,16,18);1H. The first-order valence-corrected chi connectivity index (χ1v) is 6.42. The summed E-state index contributed by atoms with van der Waals surface area (Å²) >= 11 is 1.55. The molecule has 2 rings (SSSR count). The fourth-order valence-electron chi connectivity index (χ4n) is 1.77. The quantitative estimate of drug-likeness (QED) is 0.519. The first-order chi connectivity index (χ1) is 8.47. The van der Waals surface area contributed by atoms with Crippen molar-refractivity contribution in [2.75, 3.05) is 11.9 Å². The van der Waals surface area contributed by atoms with Crippen LogP contribution in [0.15, 0.2) is 12.1 Å². The second kappa shape index (κ2) is 6.78. The molecule has 0 saturated carbocycles. The van der Waals surface area contributed by atoms with E-state index in [-0.39, 0.29) is 21.7 Å². The first-order valence-electron chi connectivity index (χ1n) is 5.34. The molecule has 19 heavy (non-hydrogen) atoms. The van der Waals surface area contributed by atoms with Gasteiger partial charge in [-0.2, -0.15) is 0 Å². The minimum Gasteiger partial charge on any atom is -0.392 e. The summed E-state index contributed by atoms with van der Waals surface area (Å²) in [4.78, 5) is 11.7. The lowest BCUT2D eigenvalue weighted by molar-refractivity contribution is -0.117. The van der Waals surface area contributed by atoms with Gasteiger partial charge in [0, 0.05) is 12.2 Å². The number of hydrogen-bond donors (Lipinski definition) is 3. The van der Waals surface area contributed by atoms with E-state index < -0.39 is 29.7 Å². The summed E-state index contributed by atoms with van der Waals surface area (Å²) in [7, 11) is 0. The molecule has 1 aliphatic rings. The molecule has 3 N–H and O–H groups in total. The summed E-state index contributed by atoms with van der Waals surface area (Å²) in [6.07, 6.45) is -0.271. The smallest absolute Gasteiger partial charge is 0.241 e. The van der Waals surface area contributed by atoms with Crippen LogP contribution in [0.1, 0.15) is 6.42 Å². The molecule has 4 nitrogen and oxygen atoms in total. The summed E-state index contributed by atoms with van der Waals surface area (Å²) in [5.74, 6) is -1.85. The van der Waals surface area contributed by atoms with Gasteiger partial charge in [-0.05, 0) is 41.1 Å². The topological polar surface area (TPSA) is 61.4 Å². The Balaban J connectivity index is 0.00000180. The third-order valence-corrected chi connectivity index (χ3v) is 3.71. The average Bonchev–Trinajstić information content (AvgIpc) is 2.72. The highest BCUT2D eigenvalue weighted by Crippen LogP contribution is 2.21. The largest absolute Gasteiger partial charge is 0.392 e. The Kier molecular flexibility index (Phi) is 5.90. The van der Waals surface area contributed by atoms with E-state index in [9.17, 15) is 18.7 Å². The van der Waals surface area contributed by atoms with Gasteiger partial charge < -0.3 is 15.7 Å². The van der Waals surface area contributed by atoms with Crippen molar-refractivity contribution in [2.24, 2.45) is 0 Å². The maximum Gasteiger partial charge on any atom is 0.241 e. The van der Waals surface area contributed by atoms with Gasteiger partial charge in [0.25, 0.3) is 0 Å². The van der Waals surface area contributed by atoms with Crippen LogP contribution in [0.25, 0.3) is 0 Å². The monoisotopic (exact) mass is 404 g/mol. The zero-order valence-electron chi connectivity index (χ0n) is 9.62. The van der Waals surface area contributed by atoms with Gasteiger partial charge in [0.15, 0.2) is 0 Å². The molecule has 1 aromatic carbocycles. The van der Waals surface area contributed by atoms with Gasteiger partial charge in [0.1, 0.15) is 11.6 Å². The van der Waals surface area contributed by atoms with Crippen LogP contribution < -0.4 is 10.6 Å². The highest BCUT2D eigenvalue weighted by atomic mass is 127. The molecule has 0 radical (unpaired) electrons. The average molecular weight is 405 g/mol. The number of carbonyl (C=O) groups excluding carboxylic acids is 1. The number of hydrogen-bond acceptors (Lipinski definition) is 3. The van der Waals surface area contributed by atoms with Crippen molar-refractivity contribution in [3.8, 4) is 0 Å². The number of β-amino-alcohol motifs (C(OH)–C–C–N with tert-alkyl or cyclic N) is 1. The van der Waals surface area contributed by atoms with Crippen molar-refractivity contribution in [3.05, 3.63) is 27.3 Å². The maximum absolute atomic E-state index is 13.3. The van der Waals surface area contributed by atoms with E-state index in [1.165, 1.54) is 0 Å². The van der Waals surface area contributed by atoms with Gasteiger partial charge in [-0.1, -0.05) is 0 Å². The Hall–Kier alpha value is -0.510. The Morgan fingerprint density at radius 3 is 2.47 bits per heavy atom. The lowest BCUT2D eigenvalue weighted by Crippen LogP contribution is -2.35. The Labute approximate surface area is 128 Å². The molecule has 8 heteroatoms. The molecular weight excluding hydrogens is 392 g/mol. The van der Waals surface area contributed by atoms with Crippen LogP contribution in [0.4, 0.5) is 14.5 Å². The molecular formula is C11H12ClF2IN2O2. The maximum atomic E-state index is 13.3. The second-order valence-corrected chi connectivity index (χ2v) is 5.17. The predicted molar refractivity (Wildman–Crippen MR) is 77.4 cm³/mol. The second-order valence-electron chi connectivity index (χ2n) is 4.09. The van der Waals surface area contributed by atoms with Crippen LogP contribution in [-0.2, 0) is 4.79 Å². The van der Waals surface area contributed by atoms with Crippen LogP contribution in [0.5, 0.6) is 0 Å². The molecule has 0 aliphatic carbocycles. The number of anilines is 1. The van der Waals surface area contributed by atoms with Crippen LogP contribution in [0.2, 0.25) is 0 Å². The summed E-state index contributed by atoms with van der Waals surface area (Å²) in [6, 6.07) is 1.59. The number of aliphatic hydroxyl groups is 1.